The Hall–Kier alpha value is -1.24. The molecule has 0 saturated heterocycles. The fourth-order valence-electron chi connectivity index (χ4n) is 1.35. The Balaban J connectivity index is 2.32. The summed E-state index contributed by atoms with van der Waals surface area (Å²) in [7, 11) is 0. The van der Waals surface area contributed by atoms with Crippen molar-refractivity contribution in [3.63, 3.8) is 0 Å². The Morgan fingerprint density at radius 2 is 2.35 bits per heavy atom. The van der Waals surface area contributed by atoms with Gasteiger partial charge in [0, 0.05) is 25.3 Å². The van der Waals surface area contributed by atoms with Crippen LogP contribution < -0.4 is 10.7 Å². The molecule has 1 rings (SSSR count). The van der Waals surface area contributed by atoms with Crippen molar-refractivity contribution in [2.24, 2.45) is 5.10 Å². The summed E-state index contributed by atoms with van der Waals surface area (Å²) in [4.78, 5) is 0. The van der Waals surface area contributed by atoms with Crippen LogP contribution in [0.15, 0.2) is 23.3 Å². The van der Waals surface area contributed by atoms with Crippen LogP contribution in [0.2, 0.25) is 5.02 Å². The SMILES string of the molecule is CCOCCCNC(=S)N/N=C\c1c(F)cccc1Cl. The number of ether oxygens (including phenoxy) is 1. The number of halogens is 2. The highest BCUT2D eigenvalue weighted by Crippen LogP contribution is 2.16. The number of thiocarbonyl (C=S) groups is 1. The third kappa shape index (κ3) is 6.27. The number of nitrogens with zero attached hydrogens (tertiary/aromatic N) is 1. The van der Waals surface area contributed by atoms with E-state index in [1.807, 2.05) is 6.92 Å². The van der Waals surface area contributed by atoms with Crippen LogP contribution in [0.1, 0.15) is 18.9 Å². The maximum atomic E-state index is 13.4. The molecular formula is C13H17ClFN3OS. The molecule has 1 aromatic carbocycles. The highest BCUT2D eigenvalue weighted by atomic mass is 35.5. The summed E-state index contributed by atoms with van der Waals surface area (Å²) >= 11 is 10.9. The molecule has 0 atom stereocenters. The average Bonchev–Trinajstić information content (AvgIpc) is 2.42. The molecule has 0 fully saturated rings. The fraction of sp³-hybridized carbons (Fsp3) is 0.385. The average molecular weight is 318 g/mol. The van der Waals surface area contributed by atoms with E-state index in [4.69, 9.17) is 28.6 Å². The summed E-state index contributed by atoms with van der Waals surface area (Å²) in [5.74, 6) is -0.432. The molecule has 0 bridgehead atoms. The molecule has 0 radical (unpaired) electrons. The molecule has 0 amide bonds. The number of hydrazone groups is 1. The van der Waals surface area contributed by atoms with E-state index < -0.39 is 5.82 Å². The highest BCUT2D eigenvalue weighted by molar-refractivity contribution is 7.80. The molecule has 7 heteroatoms. The minimum Gasteiger partial charge on any atom is -0.382 e. The molecule has 20 heavy (non-hydrogen) atoms. The molecule has 2 N–H and O–H groups in total. The second-order valence-electron chi connectivity index (χ2n) is 3.81. The zero-order valence-corrected chi connectivity index (χ0v) is 12.7. The van der Waals surface area contributed by atoms with Gasteiger partial charge in [0.25, 0.3) is 0 Å². The van der Waals surface area contributed by atoms with Gasteiger partial charge in [-0.05, 0) is 37.7 Å². The van der Waals surface area contributed by atoms with Crippen molar-refractivity contribution in [2.45, 2.75) is 13.3 Å². The predicted octanol–water partition coefficient (Wildman–Crippen LogP) is 2.70. The minimum absolute atomic E-state index is 0.223. The first kappa shape index (κ1) is 16.8. The van der Waals surface area contributed by atoms with Gasteiger partial charge in [0.15, 0.2) is 5.11 Å². The Morgan fingerprint density at radius 3 is 3.05 bits per heavy atom. The van der Waals surface area contributed by atoms with Crippen molar-refractivity contribution in [1.82, 2.24) is 10.7 Å². The first-order valence-electron chi connectivity index (χ1n) is 6.23. The number of benzene rings is 1. The number of rotatable bonds is 7. The van der Waals surface area contributed by atoms with Crippen LogP contribution in [0.5, 0.6) is 0 Å². The lowest BCUT2D eigenvalue weighted by Gasteiger charge is -2.06. The van der Waals surface area contributed by atoms with Gasteiger partial charge in [0.2, 0.25) is 0 Å². The molecule has 110 valence electrons. The summed E-state index contributed by atoms with van der Waals surface area (Å²) in [5.41, 5.74) is 2.82. The van der Waals surface area contributed by atoms with Crippen LogP contribution in [0.25, 0.3) is 0 Å². The van der Waals surface area contributed by atoms with E-state index in [-0.39, 0.29) is 5.56 Å². The minimum atomic E-state index is -0.432. The van der Waals surface area contributed by atoms with Gasteiger partial charge in [-0.2, -0.15) is 5.10 Å². The van der Waals surface area contributed by atoms with Gasteiger partial charge in [-0.3, -0.25) is 5.43 Å². The van der Waals surface area contributed by atoms with Gasteiger partial charge in [-0.15, -0.1) is 0 Å². The Bertz CT molecular complexity index is 451. The zero-order valence-electron chi connectivity index (χ0n) is 11.2. The van der Waals surface area contributed by atoms with E-state index in [1.54, 1.807) is 6.07 Å². The van der Waals surface area contributed by atoms with Crippen molar-refractivity contribution in [1.29, 1.82) is 0 Å². The van der Waals surface area contributed by atoms with Gasteiger partial charge in [-0.25, -0.2) is 4.39 Å². The van der Waals surface area contributed by atoms with Crippen molar-refractivity contribution in [2.75, 3.05) is 19.8 Å². The summed E-state index contributed by atoms with van der Waals surface area (Å²) in [6, 6.07) is 4.45. The van der Waals surface area contributed by atoms with E-state index in [1.165, 1.54) is 18.3 Å². The second kappa shape index (κ2) is 9.63. The van der Waals surface area contributed by atoms with Gasteiger partial charge < -0.3 is 10.1 Å². The van der Waals surface area contributed by atoms with Crippen LogP contribution in [0.3, 0.4) is 0 Å². The van der Waals surface area contributed by atoms with Gasteiger partial charge in [0.1, 0.15) is 5.82 Å². The Morgan fingerprint density at radius 1 is 1.55 bits per heavy atom. The third-order valence-corrected chi connectivity index (χ3v) is 2.88. The lowest BCUT2D eigenvalue weighted by atomic mass is 10.2. The van der Waals surface area contributed by atoms with Crippen molar-refractivity contribution < 1.29 is 9.13 Å². The monoisotopic (exact) mass is 317 g/mol. The summed E-state index contributed by atoms with van der Waals surface area (Å²) in [5, 5.41) is 7.46. The Kier molecular flexibility index (Phi) is 8.10. The molecule has 0 aliphatic rings. The first-order chi connectivity index (χ1) is 9.65. The van der Waals surface area contributed by atoms with Gasteiger partial charge in [0.05, 0.1) is 11.2 Å². The molecule has 0 saturated carbocycles. The maximum absolute atomic E-state index is 13.4. The smallest absolute Gasteiger partial charge is 0.186 e. The third-order valence-electron chi connectivity index (χ3n) is 2.31. The number of hydrogen-bond acceptors (Lipinski definition) is 3. The zero-order chi connectivity index (χ0) is 14.8. The van der Waals surface area contributed by atoms with Gasteiger partial charge in [-0.1, -0.05) is 17.7 Å². The molecule has 0 aliphatic heterocycles. The molecule has 0 spiro atoms. The molecule has 4 nitrogen and oxygen atoms in total. The van der Waals surface area contributed by atoms with E-state index >= 15 is 0 Å². The fourth-order valence-corrected chi connectivity index (χ4v) is 1.72. The molecule has 1 aromatic rings. The molecular weight excluding hydrogens is 301 g/mol. The topological polar surface area (TPSA) is 45.6 Å². The van der Waals surface area contributed by atoms with Crippen molar-refractivity contribution in [3.8, 4) is 0 Å². The molecule has 0 heterocycles. The van der Waals surface area contributed by atoms with Crippen LogP contribution >= 0.6 is 23.8 Å². The highest BCUT2D eigenvalue weighted by Gasteiger charge is 2.03. The molecule has 0 unspecified atom stereocenters. The van der Waals surface area contributed by atoms with Crippen LogP contribution in [-0.2, 0) is 4.74 Å². The predicted molar refractivity (Wildman–Crippen MR) is 83.9 cm³/mol. The Labute approximate surface area is 128 Å². The van der Waals surface area contributed by atoms with Crippen LogP contribution in [-0.4, -0.2) is 31.1 Å². The first-order valence-corrected chi connectivity index (χ1v) is 7.02. The lowest BCUT2D eigenvalue weighted by molar-refractivity contribution is 0.145. The lowest BCUT2D eigenvalue weighted by Crippen LogP contribution is -2.33. The van der Waals surface area contributed by atoms with Gasteiger partial charge >= 0.3 is 0 Å². The van der Waals surface area contributed by atoms with E-state index in [0.717, 1.165) is 6.42 Å². The normalized spacial score (nSPS) is 10.8. The van der Waals surface area contributed by atoms with Crippen LogP contribution in [0.4, 0.5) is 4.39 Å². The van der Waals surface area contributed by atoms with Crippen molar-refractivity contribution in [3.05, 3.63) is 34.6 Å². The van der Waals surface area contributed by atoms with E-state index in [2.05, 4.69) is 15.8 Å². The largest absolute Gasteiger partial charge is 0.382 e. The van der Waals surface area contributed by atoms with Crippen molar-refractivity contribution >= 4 is 35.1 Å². The maximum Gasteiger partial charge on any atom is 0.186 e. The van der Waals surface area contributed by atoms with Crippen LogP contribution in [0, 0.1) is 5.82 Å². The number of nitrogens with one attached hydrogen (secondary N) is 2. The van der Waals surface area contributed by atoms with E-state index in [9.17, 15) is 4.39 Å². The quantitative estimate of drug-likeness (QED) is 0.351. The second-order valence-corrected chi connectivity index (χ2v) is 4.63. The number of hydrogen-bond donors (Lipinski definition) is 2. The standard InChI is InChI=1S/C13H17ClFN3OS/c1-2-19-8-4-7-16-13(20)18-17-9-10-11(14)5-3-6-12(10)15/h3,5-6,9H,2,4,7-8H2,1H3,(H2,16,18,20)/b17-9-. The molecule has 0 aliphatic carbocycles. The summed E-state index contributed by atoms with van der Waals surface area (Å²) in [6.07, 6.45) is 2.14. The van der Waals surface area contributed by atoms with E-state index in [0.29, 0.717) is 29.9 Å². The summed E-state index contributed by atoms with van der Waals surface area (Å²) in [6.45, 7) is 4.01. The molecule has 0 aromatic heterocycles. The summed E-state index contributed by atoms with van der Waals surface area (Å²) < 4.78 is 18.6.